The van der Waals surface area contributed by atoms with Crippen molar-refractivity contribution in [2.24, 2.45) is 17.3 Å². The maximum atomic E-state index is 13.5. The predicted molar refractivity (Wildman–Crippen MR) is 98.4 cm³/mol. The number of carbonyl (C=O) groups excluding carboxylic acids is 2. The largest absolute Gasteiger partial charge is 0.328 e. The van der Waals surface area contributed by atoms with Crippen molar-refractivity contribution in [2.45, 2.75) is 45.1 Å². The van der Waals surface area contributed by atoms with Crippen molar-refractivity contribution in [2.75, 3.05) is 5.32 Å². The summed E-state index contributed by atoms with van der Waals surface area (Å²) >= 11 is 0. The zero-order chi connectivity index (χ0) is 18.4. The molecule has 1 aromatic rings. The fraction of sp³-hybridized carbons (Fsp3) is 0.476. The van der Waals surface area contributed by atoms with E-state index in [1.165, 1.54) is 0 Å². The second-order valence-electron chi connectivity index (χ2n) is 8.03. The van der Waals surface area contributed by atoms with Gasteiger partial charge in [0.1, 0.15) is 5.92 Å². The molecule has 0 aromatic heterocycles. The van der Waals surface area contributed by atoms with Crippen LogP contribution in [0.5, 0.6) is 0 Å². The summed E-state index contributed by atoms with van der Waals surface area (Å²) in [6, 6.07) is 5.19. The van der Waals surface area contributed by atoms with Crippen molar-refractivity contribution >= 4 is 17.9 Å². The fourth-order valence-electron chi connectivity index (χ4n) is 4.92. The average Bonchev–Trinajstić information content (AvgIpc) is 2.59. The molecule has 1 N–H and O–H groups in total. The standard InChI is InChI=1S/C21H24N2O2/c1-6-21(4)11-10-14-17(19(21)22-5)18(25)16-13(20(14,2)3)8-7-9-15(16)23-12-24/h6-9,12,14,17,19H,1,10-11H2,2-4H3,(H,23,24)/t14-,17-,19-,21+/m1/s1. The molecule has 1 saturated carbocycles. The molecule has 25 heavy (non-hydrogen) atoms. The summed E-state index contributed by atoms with van der Waals surface area (Å²) in [4.78, 5) is 28.4. The first-order chi connectivity index (χ1) is 11.8. The first-order valence-electron chi connectivity index (χ1n) is 8.70. The number of hydrogen-bond acceptors (Lipinski definition) is 2. The summed E-state index contributed by atoms with van der Waals surface area (Å²) in [5.74, 6) is -0.268. The first kappa shape index (κ1) is 17.4. The Kier molecular flexibility index (Phi) is 4.07. The van der Waals surface area contributed by atoms with E-state index >= 15 is 0 Å². The van der Waals surface area contributed by atoms with Crippen LogP contribution in [0.1, 0.15) is 49.5 Å². The van der Waals surface area contributed by atoms with Crippen molar-refractivity contribution in [3.63, 3.8) is 0 Å². The maximum absolute atomic E-state index is 13.5. The Labute approximate surface area is 149 Å². The minimum Gasteiger partial charge on any atom is -0.328 e. The van der Waals surface area contributed by atoms with E-state index in [2.05, 4.69) is 30.6 Å². The summed E-state index contributed by atoms with van der Waals surface area (Å²) in [7, 11) is 0. The summed E-state index contributed by atoms with van der Waals surface area (Å²) in [5.41, 5.74) is 1.48. The number of rotatable bonds is 3. The lowest BCUT2D eigenvalue weighted by Crippen LogP contribution is -2.55. The summed E-state index contributed by atoms with van der Waals surface area (Å²) in [6.07, 6.45) is 4.20. The molecule has 4 heteroatoms. The second-order valence-corrected chi connectivity index (χ2v) is 8.03. The van der Waals surface area contributed by atoms with Crippen LogP contribution < -0.4 is 5.32 Å². The molecular weight excluding hydrogens is 312 g/mol. The molecule has 2 aliphatic rings. The monoisotopic (exact) mass is 336 g/mol. The van der Waals surface area contributed by atoms with Crippen molar-refractivity contribution in [1.82, 2.24) is 0 Å². The Balaban J connectivity index is 2.23. The lowest BCUT2D eigenvalue weighted by molar-refractivity contribution is -0.105. The highest BCUT2D eigenvalue weighted by Gasteiger charge is 2.59. The second kappa shape index (κ2) is 5.84. The van der Waals surface area contributed by atoms with E-state index in [0.29, 0.717) is 17.7 Å². The minimum absolute atomic E-state index is 0.0157. The third-order valence-electron chi connectivity index (χ3n) is 6.50. The average molecular weight is 336 g/mol. The molecule has 0 unspecified atom stereocenters. The van der Waals surface area contributed by atoms with E-state index in [4.69, 9.17) is 6.57 Å². The first-order valence-corrected chi connectivity index (χ1v) is 8.70. The molecule has 2 aliphatic carbocycles. The molecule has 1 amide bonds. The van der Waals surface area contributed by atoms with Crippen LogP contribution in [0.15, 0.2) is 30.9 Å². The zero-order valence-electron chi connectivity index (χ0n) is 15.0. The van der Waals surface area contributed by atoms with E-state index in [9.17, 15) is 9.59 Å². The molecule has 1 fully saturated rings. The Morgan fingerprint density at radius 3 is 2.68 bits per heavy atom. The third kappa shape index (κ3) is 2.33. The van der Waals surface area contributed by atoms with Gasteiger partial charge in [0.2, 0.25) is 12.5 Å². The van der Waals surface area contributed by atoms with E-state index in [1.807, 2.05) is 25.1 Å². The van der Waals surface area contributed by atoms with Gasteiger partial charge in [0.25, 0.3) is 0 Å². The molecular formula is C21H24N2O2. The van der Waals surface area contributed by atoms with Crippen molar-refractivity contribution in [3.05, 3.63) is 53.4 Å². The van der Waals surface area contributed by atoms with Crippen LogP contribution in [-0.2, 0) is 10.2 Å². The van der Waals surface area contributed by atoms with Crippen LogP contribution in [0.2, 0.25) is 0 Å². The number of hydrogen-bond donors (Lipinski definition) is 1. The summed E-state index contributed by atoms with van der Waals surface area (Å²) in [5, 5.41) is 2.67. The van der Waals surface area contributed by atoms with Crippen LogP contribution in [0, 0.1) is 23.8 Å². The van der Waals surface area contributed by atoms with Crippen LogP contribution in [0.3, 0.4) is 0 Å². The van der Waals surface area contributed by atoms with Gasteiger partial charge in [-0.05, 0) is 42.7 Å². The Hall–Kier alpha value is -2.41. The molecule has 1 aromatic carbocycles. The number of nitrogens with one attached hydrogen (secondary N) is 1. The van der Waals surface area contributed by atoms with Crippen LogP contribution >= 0.6 is 0 Å². The number of ketones is 1. The van der Waals surface area contributed by atoms with E-state index in [-0.39, 0.29) is 28.4 Å². The number of Topliss-reactive ketones (excluding diaryl/α,β-unsaturated/α-hetero) is 1. The highest BCUT2D eigenvalue weighted by Crippen LogP contribution is 2.56. The van der Waals surface area contributed by atoms with Gasteiger partial charge in [-0.1, -0.05) is 32.1 Å². The smallest absolute Gasteiger partial charge is 0.242 e. The van der Waals surface area contributed by atoms with Crippen LogP contribution in [-0.4, -0.2) is 18.2 Å². The molecule has 4 atom stereocenters. The van der Waals surface area contributed by atoms with Gasteiger partial charge in [0.15, 0.2) is 5.78 Å². The summed E-state index contributed by atoms with van der Waals surface area (Å²) in [6.45, 7) is 18.0. The number of benzene rings is 1. The third-order valence-corrected chi connectivity index (χ3v) is 6.50. The Morgan fingerprint density at radius 1 is 1.36 bits per heavy atom. The molecule has 0 saturated heterocycles. The molecule has 130 valence electrons. The van der Waals surface area contributed by atoms with Gasteiger partial charge in [-0.15, -0.1) is 6.58 Å². The van der Waals surface area contributed by atoms with Gasteiger partial charge in [-0.3, -0.25) is 9.59 Å². The zero-order valence-corrected chi connectivity index (χ0v) is 15.0. The number of amides is 1. The van der Waals surface area contributed by atoms with E-state index < -0.39 is 6.04 Å². The van der Waals surface area contributed by atoms with Gasteiger partial charge in [0, 0.05) is 5.56 Å². The highest BCUT2D eigenvalue weighted by atomic mass is 16.1. The minimum atomic E-state index is -0.423. The number of nitrogens with zero attached hydrogens (tertiary/aromatic N) is 1. The molecule has 0 heterocycles. The van der Waals surface area contributed by atoms with Crippen molar-refractivity contribution in [1.29, 1.82) is 0 Å². The van der Waals surface area contributed by atoms with E-state index in [0.717, 1.165) is 18.4 Å². The molecule has 0 aliphatic heterocycles. The SMILES string of the molecule is [C-]#[N+][C@@H]1[C@H]2C(=O)c3c(NC=O)cccc3C(C)(C)[C@@H]2CC[C@]1(C)C=C. The number of anilines is 1. The molecule has 3 rings (SSSR count). The van der Waals surface area contributed by atoms with Crippen molar-refractivity contribution < 1.29 is 9.59 Å². The Morgan fingerprint density at radius 2 is 2.08 bits per heavy atom. The van der Waals surface area contributed by atoms with Gasteiger partial charge in [-0.25, -0.2) is 6.57 Å². The maximum Gasteiger partial charge on any atom is 0.242 e. The van der Waals surface area contributed by atoms with Crippen molar-refractivity contribution in [3.8, 4) is 0 Å². The van der Waals surface area contributed by atoms with Crippen LogP contribution in [0.4, 0.5) is 5.69 Å². The predicted octanol–water partition coefficient (Wildman–Crippen LogP) is 4.24. The Bertz CT molecular complexity index is 790. The van der Waals surface area contributed by atoms with Gasteiger partial charge < -0.3 is 10.2 Å². The van der Waals surface area contributed by atoms with Crippen LogP contribution in [0.25, 0.3) is 4.85 Å². The van der Waals surface area contributed by atoms with Gasteiger partial charge >= 0.3 is 0 Å². The number of fused-ring (bicyclic) bond motifs is 2. The molecule has 0 bridgehead atoms. The van der Waals surface area contributed by atoms with Gasteiger partial charge in [-0.2, -0.15) is 0 Å². The normalized spacial score (nSPS) is 32.7. The molecule has 4 nitrogen and oxygen atoms in total. The quantitative estimate of drug-likeness (QED) is 0.510. The van der Waals surface area contributed by atoms with Gasteiger partial charge in [0.05, 0.1) is 11.1 Å². The molecule has 0 radical (unpaired) electrons. The number of carbonyl (C=O) groups is 2. The fourth-order valence-corrected chi connectivity index (χ4v) is 4.92. The summed E-state index contributed by atoms with van der Waals surface area (Å²) < 4.78 is 0. The lowest BCUT2D eigenvalue weighted by atomic mass is 9.50. The lowest BCUT2D eigenvalue weighted by Gasteiger charge is -2.50. The topological polar surface area (TPSA) is 50.5 Å². The highest BCUT2D eigenvalue weighted by molar-refractivity contribution is 6.07. The van der Waals surface area contributed by atoms with E-state index in [1.54, 1.807) is 6.07 Å². The molecule has 0 spiro atoms.